The Morgan fingerprint density at radius 2 is 1.96 bits per heavy atom. The van der Waals surface area contributed by atoms with E-state index in [4.69, 9.17) is 13.8 Å². The molecular formula is C18H19N3O4. The molecule has 1 N–H and O–H groups in total. The predicted molar refractivity (Wildman–Crippen MR) is 90.2 cm³/mol. The zero-order chi connectivity index (χ0) is 17.6. The molecular weight excluding hydrogens is 322 g/mol. The summed E-state index contributed by atoms with van der Waals surface area (Å²) in [5, 5.41) is 10.5. The van der Waals surface area contributed by atoms with Crippen molar-refractivity contribution < 1.29 is 18.6 Å². The van der Waals surface area contributed by atoms with E-state index in [9.17, 15) is 4.79 Å². The van der Waals surface area contributed by atoms with Crippen LogP contribution in [0.5, 0.6) is 5.75 Å². The van der Waals surface area contributed by atoms with Gasteiger partial charge >= 0.3 is 0 Å². The highest BCUT2D eigenvalue weighted by Gasteiger charge is 2.13. The fourth-order valence-corrected chi connectivity index (χ4v) is 2.33. The van der Waals surface area contributed by atoms with Crippen molar-refractivity contribution in [3.63, 3.8) is 0 Å². The van der Waals surface area contributed by atoms with Crippen LogP contribution in [0.15, 0.2) is 45.4 Å². The van der Waals surface area contributed by atoms with Crippen LogP contribution in [0.4, 0.5) is 0 Å². The maximum absolute atomic E-state index is 12.1. The second-order valence-electron chi connectivity index (χ2n) is 5.52. The van der Waals surface area contributed by atoms with E-state index >= 15 is 0 Å². The molecule has 1 amide bonds. The molecule has 0 bridgehead atoms. The average Bonchev–Trinajstić information content (AvgIpc) is 3.30. The van der Waals surface area contributed by atoms with Crippen molar-refractivity contribution in [3.05, 3.63) is 53.5 Å². The number of methoxy groups -OCH3 is 1. The van der Waals surface area contributed by atoms with Gasteiger partial charge in [-0.1, -0.05) is 17.2 Å². The second kappa shape index (κ2) is 7.65. The third kappa shape index (κ3) is 4.06. The standard InChI is InChI=1S/C18H19N3O4/c1-3-4-15-10-16(21-24-15)18(22)19-11-13-9-17(25-20-13)12-5-7-14(23-2)8-6-12/h5-10H,3-4,11H2,1-2H3,(H,19,22). The van der Waals surface area contributed by atoms with Crippen molar-refractivity contribution in [3.8, 4) is 17.1 Å². The van der Waals surface area contributed by atoms with Gasteiger partial charge in [-0.25, -0.2) is 0 Å². The van der Waals surface area contributed by atoms with Crippen molar-refractivity contribution in [2.24, 2.45) is 0 Å². The molecule has 0 aliphatic heterocycles. The molecule has 0 spiro atoms. The summed E-state index contributed by atoms with van der Waals surface area (Å²) in [6, 6.07) is 10.9. The number of carbonyl (C=O) groups excluding carboxylic acids is 1. The minimum absolute atomic E-state index is 0.245. The Bertz CT molecular complexity index is 836. The van der Waals surface area contributed by atoms with Crippen molar-refractivity contribution in [1.82, 2.24) is 15.6 Å². The van der Waals surface area contributed by atoms with Crippen molar-refractivity contribution in [2.75, 3.05) is 7.11 Å². The maximum atomic E-state index is 12.1. The van der Waals surface area contributed by atoms with Crippen LogP contribution >= 0.6 is 0 Å². The van der Waals surface area contributed by atoms with Gasteiger partial charge in [0.15, 0.2) is 11.5 Å². The van der Waals surface area contributed by atoms with Crippen molar-refractivity contribution in [2.45, 2.75) is 26.3 Å². The Kier molecular flexibility index (Phi) is 5.13. The van der Waals surface area contributed by atoms with Crippen LogP contribution in [-0.2, 0) is 13.0 Å². The molecule has 0 unspecified atom stereocenters. The number of nitrogens with zero attached hydrogens (tertiary/aromatic N) is 2. The Hall–Kier alpha value is -3.09. The van der Waals surface area contributed by atoms with E-state index in [1.807, 2.05) is 31.2 Å². The van der Waals surface area contributed by atoms with Gasteiger partial charge in [0.05, 0.1) is 13.7 Å². The summed E-state index contributed by atoms with van der Waals surface area (Å²) < 4.78 is 15.6. The summed E-state index contributed by atoms with van der Waals surface area (Å²) in [4.78, 5) is 12.1. The van der Waals surface area contributed by atoms with Crippen LogP contribution in [0.3, 0.4) is 0 Å². The molecule has 0 fully saturated rings. The van der Waals surface area contributed by atoms with Crippen LogP contribution in [0.25, 0.3) is 11.3 Å². The van der Waals surface area contributed by atoms with Gasteiger partial charge in [0.25, 0.3) is 5.91 Å². The monoisotopic (exact) mass is 341 g/mol. The lowest BCUT2D eigenvalue weighted by Crippen LogP contribution is -2.23. The van der Waals surface area contributed by atoms with Crippen LogP contribution in [0.2, 0.25) is 0 Å². The Labute approximate surface area is 144 Å². The smallest absolute Gasteiger partial charge is 0.273 e. The highest BCUT2D eigenvalue weighted by molar-refractivity contribution is 5.92. The first-order valence-electron chi connectivity index (χ1n) is 8.03. The molecule has 0 saturated carbocycles. The number of hydrogen-bond donors (Lipinski definition) is 1. The predicted octanol–water partition coefficient (Wildman–Crippen LogP) is 3.22. The summed E-state index contributed by atoms with van der Waals surface area (Å²) in [6.07, 6.45) is 1.69. The van der Waals surface area contributed by atoms with E-state index < -0.39 is 0 Å². The van der Waals surface area contributed by atoms with Crippen LogP contribution in [0, 0.1) is 0 Å². The minimum atomic E-state index is -0.305. The van der Waals surface area contributed by atoms with E-state index in [1.165, 1.54) is 0 Å². The van der Waals surface area contributed by atoms with Gasteiger partial charge in [-0.2, -0.15) is 0 Å². The largest absolute Gasteiger partial charge is 0.497 e. The molecule has 2 heterocycles. The SMILES string of the molecule is CCCc1cc(C(=O)NCc2cc(-c3ccc(OC)cc3)on2)no1. The lowest BCUT2D eigenvalue weighted by molar-refractivity contribution is 0.0941. The molecule has 0 aliphatic rings. The number of ether oxygens (including phenoxy) is 1. The summed E-state index contributed by atoms with van der Waals surface area (Å²) in [7, 11) is 1.62. The normalized spacial score (nSPS) is 10.6. The van der Waals surface area contributed by atoms with Crippen molar-refractivity contribution in [1.29, 1.82) is 0 Å². The fourth-order valence-electron chi connectivity index (χ4n) is 2.33. The van der Waals surface area contributed by atoms with Gasteiger partial charge < -0.3 is 19.1 Å². The first-order chi connectivity index (χ1) is 12.2. The molecule has 1 aromatic carbocycles. The fraction of sp³-hybridized carbons (Fsp3) is 0.278. The van der Waals surface area contributed by atoms with Gasteiger partial charge in [0.1, 0.15) is 17.2 Å². The number of rotatable bonds is 7. The topological polar surface area (TPSA) is 90.4 Å². The first-order valence-corrected chi connectivity index (χ1v) is 8.03. The van der Waals surface area contributed by atoms with E-state index in [2.05, 4.69) is 15.6 Å². The third-order valence-electron chi connectivity index (χ3n) is 3.65. The van der Waals surface area contributed by atoms with Crippen LogP contribution in [0.1, 0.15) is 35.3 Å². The number of amides is 1. The molecule has 0 saturated heterocycles. The zero-order valence-corrected chi connectivity index (χ0v) is 14.1. The molecule has 0 aliphatic carbocycles. The Morgan fingerprint density at radius 1 is 1.16 bits per heavy atom. The summed E-state index contributed by atoms with van der Waals surface area (Å²) in [5.41, 5.74) is 1.77. The summed E-state index contributed by atoms with van der Waals surface area (Å²) >= 11 is 0. The lowest BCUT2D eigenvalue weighted by Gasteiger charge is -1.99. The molecule has 7 heteroatoms. The molecule has 7 nitrogen and oxygen atoms in total. The Balaban J connectivity index is 1.59. The molecule has 130 valence electrons. The van der Waals surface area contributed by atoms with E-state index in [-0.39, 0.29) is 18.1 Å². The van der Waals surface area contributed by atoms with E-state index in [1.54, 1.807) is 19.2 Å². The molecule has 0 atom stereocenters. The number of hydrogen-bond acceptors (Lipinski definition) is 6. The molecule has 3 rings (SSSR count). The lowest BCUT2D eigenvalue weighted by atomic mass is 10.1. The summed E-state index contributed by atoms with van der Waals surface area (Å²) in [5.74, 6) is 1.79. The highest BCUT2D eigenvalue weighted by atomic mass is 16.5. The number of benzene rings is 1. The second-order valence-corrected chi connectivity index (χ2v) is 5.52. The van der Waals surface area contributed by atoms with Gasteiger partial charge in [-0.05, 0) is 30.7 Å². The number of aryl methyl sites for hydroxylation is 1. The van der Waals surface area contributed by atoms with E-state index in [0.717, 1.165) is 24.2 Å². The third-order valence-corrected chi connectivity index (χ3v) is 3.65. The highest BCUT2D eigenvalue weighted by Crippen LogP contribution is 2.23. The number of carbonyl (C=O) groups is 1. The maximum Gasteiger partial charge on any atom is 0.273 e. The van der Waals surface area contributed by atoms with Gasteiger partial charge in [-0.15, -0.1) is 0 Å². The van der Waals surface area contributed by atoms with Crippen molar-refractivity contribution >= 4 is 5.91 Å². The minimum Gasteiger partial charge on any atom is -0.497 e. The molecule has 0 radical (unpaired) electrons. The van der Waals surface area contributed by atoms with Crippen LogP contribution in [-0.4, -0.2) is 23.3 Å². The molecule has 25 heavy (non-hydrogen) atoms. The number of aromatic nitrogens is 2. The average molecular weight is 341 g/mol. The van der Waals surface area contributed by atoms with Crippen LogP contribution < -0.4 is 10.1 Å². The number of nitrogens with one attached hydrogen (secondary N) is 1. The van der Waals surface area contributed by atoms with E-state index in [0.29, 0.717) is 17.2 Å². The first kappa shape index (κ1) is 16.8. The van der Waals surface area contributed by atoms with Gasteiger partial charge in [0, 0.05) is 24.1 Å². The zero-order valence-electron chi connectivity index (χ0n) is 14.1. The van der Waals surface area contributed by atoms with Gasteiger partial charge in [-0.3, -0.25) is 4.79 Å². The van der Waals surface area contributed by atoms with Gasteiger partial charge in [0.2, 0.25) is 0 Å². The summed E-state index contributed by atoms with van der Waals surface area (Å²) in [6.45, 7) is 2.28. The Morgan fingerprint density at radius 3 is 2.68 bits per heavy atom. The molecule has 3 aromatic rings. The quantitative estimate of drug-likeness (QED) is 0.709. The molecule has 2 aromatic heterocycles.